The van der Waals surface area contributed by atoms with Crippen LogP contribution in [-0.2, 0) is 33.4 Å². The van der Waals surface area contributed by atoms with E-state index in [0.29, 0.717) is 11.1 Å². The summed E-state index contributed by atoms with van der Waals surface area (Å²) in [6.45, 7) is 11.5. The predicted molar refractivity (Wildman–Crippen MR) is 97.8 cm³/mol. The van der Waals surface area contributed by atoms with Gasteiger partial charge in [0, 0.05) is 18.9 Å². The molecule has 28 heavy (non-hydrogen) atoms. The minimum atomic E-state index is -1.50. The maximum Gasteiger partial charge on any atom is 0.333 e. The van der Waals surface area contributed by atoms with Crippen LogP contribution in [0.2, 0.25) is 0 Å². The standard InChI is InChI=1S/C21H24O7/c1-9(2)19(24)26-15-7-10(3)17-14(23)8-11(4)21(17,28-13(6)22)18-16(15)12(5)20(25)27-18/h8,12,15-16,18H,1,7H2,2-6H3. The Balaban J connectivity index is 2.20. The van der Waals surface area contributed by atoms with Crippen LogP contribution in [0.4, 0.5) is 0 Å². The van der Waals surface area contributed by atoms with Crippen molar-refractivity contribution < 1.29 is 33.4 Å². The van der Waals surface area contributed by atoms with Crippen molar-refractivity contribution in [3.8, 4) is 0 Å². The van der Waals surface area contributed by atoms with Crippen LogP contribution in [0.3, 0.4) is 0 Å². The number of fused-ring (bicyclic) bond motifs is 3. The lowest BCUT2D eigenvalue weighted by atomic mass is 9.76. The van der Waals surface area contributed by atoms with Gasteiger partial charge in [0.1, 0.15) is 6.10 Å². The first-order valence-electron chi connectivity index (χ1n) is 9.20. The van der Waals surface area contributed by atoms with Crippen LogP contribution in [0.1, 0.15) is 41.0 Å². The van der Waals surface area contributed by atoms with Crippen LogP contribution in [0.15, 0.2) is 34.9 Å². The highest BCUT2D eigenvalue weighted by Crippen LogP contribution is 2.53. The number of rotatable bonds is 3. The van der Waals surface area contributed by atoms with Crippen LogP contribution in [0, 0.1) is 11.8 Å². The molecule has 1 aliphatic heterocycles. The lowest BCUT2D eigenvalue weighted by Gasteiger charge is -2.38. The number of carbonyl (C=O) groups is 4. The second-order valence-electron chi connectivity index (χ2n) is 7.83. The Labute approximate surface area is 163 Å². The van der Waals surface area contributed by atoms with Crippen LogP contribution in [0.25, 0.3) is 0 Å². The number of allylic oxidation sites excluding steroid dienone is 1. The number of hydrogen-bond acceptors (Lipinski definition) is 7. The Hall–Kier alpha value is -2.70. The second-order valence-corrected chi connectivity index (χ2v) is 7.83. The van der Waals surface area contributed by atoms with Crippen molar-refractivity contribution in [2.24, 2.45) is 11.8 Å². The molecule has 7 heteroatoms. The van der Waals surface area contributed by atoms with Crippen molar-refractivity contribution in [3.63, 3.8) is 0 Å². The summed E-state index contributed by atoms with van der Waals surface area (Å²) in [6.07, 6.45) is -0.0406. The number of ketones is 1. The third kappa shape index (κ3) is 2.80. The van der Waals surface area contributed by atoms with Crippen LogP contribution >= 0.6 is 0 Å². The third-order valence-electron chi connectivity index (χ3n) is 5.77. The first-order chi connectivity index (χ1) is 13.0. The topological polar surface area (TPSA) is 96.0 Å². The monoisotopic (exact) mass is 388 g/mol. The van der Waals surface area contributed by atoms with Crippen molar-refractivity contribution in [2.45, 2.75) is 58.8 Å². The van der Waals surface area contributed by atoms with Gasteiger partial charge in [0.15, 0.2) is 17.5 Å². The molecule has 1 heterocycles. The molecule has 3 rings (SSSR count). The molecule has 0 amide bonds. The van der Waals surface area contributed by atoms with Crippen LogP contribution < -0.4 is 0 Å². The van der Waals surface area contributed by atoms with Gasteiger partial charge in [-0.25, -0.2) is 4.79 Å². The van der Waals surface area contributed by atoms with E-state index in [1.807, 2.05) is 0 Å². The van der Waals surface area contributed by atoms with Gasteiger partial charge in [0.25, 0.3) is 0 Å². The van der Waals surface area contributed by atoms with Crippen molar-refractivity contribution in [1.82, 2.24) is 0 Å². The molecular weight excluding hydrogens is 364 g/mol. The van der Waals surface area contributed by atoms with Crippen molar-refractivity contribution in [3.05, 3.63) is 34.9 Å². The minimum absolute atomic E-state index is 0.228. The average molecular weight is 388 g/mol. The maximum atomic E-state index is 12.8. The molecule has 1 saturated heterocycles. The Kier molecular flexibility index (Phi) is 4.81. The molecule has 0 aromatic carbocycles. The molecule has 3 aliphatic rings. The molecule has 2 aliphatic carbocycles. The summed E-state index contributed by atoms with van der Waals surface area (Å²) in [5.41, 5.74) is 0.141. The summed E-state index contributed by atoms with van der Waals surface area (Å²) in [6, 6.07) is 0. The Morgan fingerprint density at radius 3 is 2.46 bits per heavy atom. The number of carbonyl (C=O) groups excluding carboxylic acids is 4. The van der Waals surface area contributed by atoms with Gasteiger partial charge in [-0.15, -0.1) is 0 Å². The fourth-order valence-electron chi connectivity index (χ4n) is 4.57. The second kappa shape index (κ2) is 6.72. The lowest BCUT2D eigenvalue weighted by Crippen LogP contribution is -2.52. The highest BCUT2D eigenvalue weighted by atomic mass is 16.6. The van der Waals surface area contributed by atoms with Gasteiger partial charge in [0.2, 0.25) is 0 Å². The van der Waals surface area contributed by atoms with Gasteiger partial charge in [-0.05, 0) is 32.4 Å². The molecule has 0 saturated carbocycles. The summed E-state index contributed by atoms with van der Waals surface area (Å²) in [5, 5.41) is 0. The molecule has 5 unspecified atom stereocenters. The molecule has 7 nitrogen and oxygen atoms in total. The van der Waals surface area contributed by atoms with E-state index in [2.05, 4.69) is 6.58 Å². The largest absolute Gasteiger partial charge is 0.458 e. The highest BCUT2D eigenvalue weighted by Gasteiger charge is 2.65. The van der Waals surface area contributed by atoms with E-state index in [-0.39, 0.29) is 23.4 Å². The van der Waals surface area contributed by atoms with Gasteiger partial charge >= 0.3 is 17.9 Å². The SMILES string of the molecule is C=C(C)C(=O)OC1CC(C)=C2C(=O)C=C(C)C2(OC(C)=O)C2OC(=O)C(C)C12. The van der Waals surface area contributed by atoms with E-state index in [4.69, 9.17) is 14.2 Å². The molecule has 0 radical (unpaired) electrons. The van der Waals surface area contributed by atoms with Crippen molar-refractivity contribution in [2.75, 3.05) is 0 Å². The van der Waals surface area contributed by atoms with E-state index < -0.39 is 47.6 Å². The zero-order valence-corrected chi connectivity index (χ0v) is 16.7. The Morgan fingerprint density at radius 2 is 1.89 bits per heavy atom. The quantitative estimate of drug-likeness (QED) is 0.415. The Bertz CT molecular complexity index is 862. The van der Waals surface area contributed by atoms with Crippen LogP contribution in [-0.4, -0.2) is 41.5 Å². The van der Waals surface area contributed by atoms with Crippen molar-refractivity contribution in [1.29, 1.82) is 0 Å². The molecular formula is C21H24O7. The normalized spacial score (nSPS) is 34.1. The molecule has 1 fully saturated rings. The fourth-order valence-corrected chi connectivity index (χ4v) is 4.57. The minimum Gasteiger partial charge on any atom is -0.458 e. The predicted octanol–water partition coefficient (Wildman–Crippen LogP) is 2.20. The van der Waals surface area contributed by atoms with E-state index in [1.54, 1.807) is 20.8 Å². The summed E-state index contributed by atoms with van der Waals surface area (Å²) < 4.78 is 17.0. The van der Waals surface area contributed by atoms with Gasteiger partial charge in [0.05, 0.1) is 17.4 Å². The molecule has 0 aromatic rings. The molecule has 0 N–H and O–H groups in total. The zero-order chi connectivity index (χ0) is 21.0. The van der Waals surface area contributed by atoms with Gasteiger partial charge in [-0.3, -0.25) is 14.4 Å². The number of ether oxygens (including phenoxy) is 3. The van der Waals surface area contributed by atoms with E-state index in [9.17, 15) is 19.2 Å². The van der Waals surface area contributed by atoms with Gasteiger partial charge in [-0.2, -0.15) is 0 Å². The van der Waals surface area contributed by atoms with Gasteiger partial charge < -0.3 is 14.2 Å². The number of hydrogen-bond donors (Lipinski definition) is 0. The molecule has 0 bridgehead atoms. The van der Waals surface area contributed by atoms with E-state index in [0.717, 1.165) is 0 Å². The first-order valence-corrected chi connectivity index (χ1v) is 9.20. The summed E-state index contributed by atoms with van der Waals surface area (Å²) in [5.74, 6) is -3.14. The Morgan fingerprint density at radius 1 is 1.25 bits per heavy atom. The summed E-state index contributed by atoms with van der Waals surface area (Å²) in [4.78, 5) is 49.4. The fraction of sp³-hybridized carbons (Fsp3) is 0.524. The molecule has 150 valence electrons. The van der Waals surface area contributed by atoms with Crippen molar-refractivity contribution >= 4 is 23.7 Å². The molecule has 0 spiro atoms. The molecule has 5 atom stereocenters. The molecule has 0 aromatic heterocycles. The van der Waals surface area contributed by atoms with Gasteiger partial charge in [-0.1, -0.05) is 19.1 Å². The smallest absolute Gasteiger partial charge is 0.333 e. The van der Waals surface area contributed by atoms with E-state index >= 15 is 0 Å². The number of esters is 3. The third-order valence-corrected chi connectivity index (χ3v) is 5.77. The summed E-state index contributed by atoms with van der Waals surface area (Å²) in [7, 11) is 0. The maximum absolute atomic E-state index is 12.8. The zero-order valence-electron chi connectivity index (χ0n) is 16.7. The van der Waals surface area contributed by atoms with Crippen LogP contribution in [0.5, 0.6) is 0 Å². The highest BCUT2D eigenvalue weighted by molar-refractivity contribution is 6.11. The first kappa shape index (κ1) is 20.0. The average Bonchev–Trinajstić information content (AvgIpc) is 2.97. The summed E-state index contributed by atoms with van der Waals surface area (Å²) >= 11 is 0. The van der Waals surface area contributed by atoms with E-state index in [1.165, 1.54) is 19.9 Å². The lowest BCUT2D eigenvalue weighted by molar-refractivity contribution is -0.171.